The number of ether oxygens (including phenoxy) is 1. The fraction of sp³-hybridized carbons (Fsp3) is 0.375. The Bertz CT molecular complexity index is 733. The maximum Gasteiger partial charge on any atom is 0.343 e. The molecule has 0 saturated heterocycles. The van der Waals surface area contributed by atoms with Crippen molar-refractivity contribution in [1.82, 2.24) is 9.78 Å². The van der Waals surface area contributed by atoms with Gasteiger partial charge in [-0.15, -0.1) is 0 Å². The fourth-order valence-corrected chi connectivity index (χ4v) is 2.93. The quantitative estimate of drug-likeness (QED) is 0.840. The Hall–Kier alpha value is -2.15. The van der Waals surface area contributed by atoms with Crippen molar-refractivity contribution in [3.05, 3.63) is 46.6 Å². The molecule has 0 fully saturated rings. The molecule has 1 aliphatic heterocycles. The van der Waals surface area contributed by atoms with Gasteiger partial charge >= 0.3 is 5.97 Å². The largest absolute Gasteiger partial charge is 0.462 e. The van der Waals surface area contributed by atoms with Gasteiger partial charge in [-0.1, -0.05) is 23.7 Å². The van der Waals surface area contributed by atoms with E-state index in [1.54, 1.807) is 31.2 Å². The van der Waals surface area contributed by atoms with Gasteiger partial charge in [0.25, 0.3) is 6.43 Å². The summed E-state index contributed by atoms with van der Waals surface area (Å²) in [5.74, 6) is -0.332. The first-order chi connectivity index (χ1) is 11.5. The molecule has 1 aromatic carbocycles. The number of aromatic nitrogens is 2. The predicted molar refractivity (Wildman–Crippen MR) is 85.7 cm³/mol. The number of carbonyl (C=O) groups is 1. The summed E-state index contributed by atoms with van der Waals surface area (Å²) in [7, 11) is 0. The molecule has 1 aliphatic rings. The molecule has 8 heteroatoms. The Kier molecular flexibility index (Phi) is 4.71. The molecule has 0 bridgehead atoms. The maximum absolute atomic E-state index is 13.5. The average Bonchev–Trinajstić information content (AvgIpc) is 2.98. The Morgan fingerprint density at radius 1 is 1.46 bits per heavy atom. The van der Waals surface area contributed by atoms with Crippen molar-refractivity contribution in [1.29, 1.82) is 0 Å². The number of nitrogens with zero attached hydrogens (tertiary/aromatic N) is 2. The van der Waals surface area contributed by atoms with Gasteiger partial charge in [-0.25, -0.2) is 18.3 Å². The molecule has 2 aromatic rings. The number of carbonyl (C=O) groups excluding carboxylic acids is 1. The number of benzene rings is 1. The maximum atomic E-state index is 13.5. The lowest BCUT2D eigenvalue weighted by Crippen LogP contribution is -2.31. The first kappa shape index (κ1) is 16.7. The second kappa shape index (κ2) is 6.76. The third kappa shape index (κ3) is 3.08. The van der Waals surface area contributed by atoms with Gasteiger partial charge in [0, 0.05) is 5.02 Å². The Morgan fingerprint density at radius 3 is 2.79 bits per heavy atom. The molecule has 3 rings (SSSR count). The number of esters is 1. The van der Waals surface area contributed by atoms with E-state index in [1.165, 1.54) is 10.9 Å². The SMILES string of the molecule is CCOC(=O)c1cnn2c1N[C@@H](c1ccc(Cl)cc1)C[C@H]2C(F)F. The zero-order chi connectivity index (χ0) is 17.3. The number of halogens is 3. The summed E-state index contributed by atoms with van der Waals surface area (Å²) in [5.41, 5.74) is 0.966. The minimum Gasteiger partial charge on any atom is -0.462 e. The molecule has 0 radical (unpaired) electrons. The standard InChI is InChI=1S/C16H16ClF2N3O2/c1-2-24-16(23)11-8-20-22-13(14(18)19)7-12(21-15(11)22)9-3-5-10(17)6-4-9/h3-6,8,12-14,21H,2,7H2,1H3/t12-,13+/m1/s1. The van der Waals surface area contributed by atoms with E-state index in [2.05, 4.69) is 10.4 Å². The summed E-state index contributed by atoms with van der Waals surface area (Å²) >= 11 is 5.88. The Balaban J connectivity index is 1.98. The number of anilines is 1. The minimum atomic E-state index is -2.60. The monoisotopic (exact) mass is 355 g/mol. The zero-order valence-corrected chi connectivity index (χ0v) is 13.6. The lowest BCUT2D eigenvalue weighted by atomic mass is 9.97. The molecule has 1 N–H and O–H groups in total. The van der Waals surface area contributed by atoms with E-state index in [-0.39, 0.29) is 30.5 Å². The summed E-state index contributed by atoms with van der Waals surface area (Å²) in [6.45, 7) is 1.88. The number of hydrogen-bond donors (Lipinski definition) is 1. The van der Waals surface area contributed by atoms with Gasteiger partial charge in [-0.3, -0.25) is 0 Å². The first-order valence-electron chi connectivity index (χ1n) is 7.56. The highest BCUT2D eigenvalue weighted by atomic mass is 35.5. The molecule has 128 valence electrons. The summed E-state index contributed by atoms with van der Waals surface area (Å²) in [5, 5.41) is 7.65. The molecular formula is C16H16ClF2N3O2. The van der Waals surface area contributed by atoms with E-state index in [1.807, 2.05) is 0 Å². The molecule has 2 atom stereocenters. The van der Waals surface area contributed by atoms with Crippen LogP contribution >= 0.6 is 11.6 Å². The number of fused-ring (bicyclic) bond motifs is 1. The van der Waals surface area contributed by atoms with Gasteiger partial charge in [0.1, 0.15) is 17.4 Å². The van der Waals surface area contributed by atoms with Gasteiger partial charge in [0.15, 0.2) is 0 Å². The van der Waals surface area contributed by atoms with Crippen LogP contribution in [0.25, 0.3) is 0 Å². The molecule has 24 heavy (non-hydrogen) atoms. The van der Waals surface area contributed by atoms with Crippen LogP contribution in [0.4, 0.5) is 14.6 Å². The molecule has 0 aliphatic carbocycles. The van der Waals surface area contributed by atoms with Crippen LogP contribution in [-0.4, -0.2) is 28.8 Å². The smallest absolute Gasteiger partial charge is 0.343 e. The van der Waals surface area contributed by atoms with Crippen LogP contribution < -0.4 is 5.32 Å². The molecule has 0 saturated carbocycles. The van der Waals surface area contributed by atoms with Gasteiger partial charge < -0.3 is 10.1 Å². The molecule has 5 nitrogen and oxygen atoms in total. The van der Waals surface area contributed by atoms with Crippen molar-refractivity contribution < 1.29 is 18.3 Å². The summed E-state index contributed by atoms with van der Waals surface area (Å²) < 4.78 is 33.1. The number of hydrogen-bond acceptors (Lipinski definition) is 4. The van der Waals surface area contributed by atoms with E-state index >= 15 is 0 Å². The van der Waals surface area contributed by atoms with E-state index in [9.17, 15) is 13.6 Å². The lowest BCUT2D eigenvalue weighted by Gasteiger charge is -2.32. The van der Waals surface area contributed by atoms with Crippen LogP contribution in [-0.2, 0) is 4.74 Å². The van der Waals surface area contributed by atoms with Crippen molar-refractivity contribution in [2.75, 3.05) is 11.9 Å². The normalized spacial score (nSPS) is 19.7. The number of alkyl halides is 2. The van der Waals surface area contributed by atoms with E-state index in [4.69, 9.17) is 16.3 Å². The third-order valence-corrected chi connectivity index (χ3v) is 4.21. The zero-order valence-electron chi connectivity index (χ0n) is 12.9. The number of rotatable bonds is 4. The second-order valence-electron chi connectivity index (χ2n) is 5.46. The molecule has 2 heterocycles. The molecule has 0 amide bonds. The van der Waals surface area contributed by atoms with E-state index < -0.39 is 18.4 Å². The third-order valence-electron chi connectivity index (χ3n) is 3.96. The topological polar surface area (TPSA) is 56.1 Å². The van der Waals surface area contributed by atoms with Crippen LogP contribution in [0.5, 0.6) is 0 Å². The average molecular weight is 356 g/mol. The van der Waals surface area contributed by atoms with Crippen LogP contribution in [0.1, 0.15) is 41.3 Å². The minimum absolute atomic E-state index is 0.149. The first-order valence-corrected chi connectivity index (χ1v) is 7.93. The molecular weight excluding hydrogens is 340 g/mol. The molecule has 1 aromatic heterocycles. The second-order valence-corrected chi connectivity index (χ2v) is 5.89. The van der Waals surface area contributed by atoms with Crippen LogP contribution in [0.15, 0.2) is 30.5 Å². The van der Waals surface area contributed by atoms with Gasteiger partial charge in [-0.2, -0.15) is 5.10 Å². The highest BCUT2D eigenvalue weighted by Gasteiger charge is 2.36. The highest BCUT2D eigenvalue weighted by Crippen LogP contribution is 2.39. The lowest BCUT2D eigenvalue weighted by molar-refractivity contribution is 0.0521. The van der Waals surface area contributed by atoms with Gasteiger partial charge in [0.05, 0.1) is 18.8 Å². The Labute approximate surface area is 142 Å². The molecule has 0 unspecified atom stereocenters. The summed E-state index contributed by atoms with van der Waals surface area (Å²) in [4.78, 5) is 12.0. The highest BCUT2D eigenvalue weighted by molar-refractivity contribution is 6.30. The van der Waals surface area contributed by atoms with Crippen LogP contribution in [0.3, 0.4) is 0 Å². The van der Waals surface area contributed by atoms with E-state index in [0.29, 0.717) is 5.02 Å². The fourth-order valence-electron chi connectivity index (χ4n) is 2.81. The van der Waals surface area contributed by atoms with Crippen molar-refractivity contribution in [3.8, 4) is 0 Å². The number of nitrogens with one attached hydrogen (secondary N) is 1. The van der Waals surface area contributed by atoms with Crippen LogP contribution in [0.2, 0.25) is 5.02 Å². The van der Waals surface area contributed by atoms with Crippen molar-refractivity contribution in [2.45, 2.75) is 31.9 Å². The summed E-state index contributed by atoms with van der Waals surface area (Å²) in [6.07, 6.45) is -1.19. The van der Waals surface area contributed by atoms with Crippen molar-refractivity contribution in [2.24, 2.45) is 0 Å². The van der Waals surface area contributed by atoms with Gasteiger partial charge in [-0.05, 0) is 31.0 Å². The van der Waals surface area contributed by atoms with Gasteiger partial charge in [0.2, 0.25) is 0 Å². The Morgan fingerprint density at radius 2 is 2.17 bits per heavy atom. The van der Waals surface area contributed by atoms with E-state index in [0.717, 1.165) is 5.56 Å². The molecule has 0 spiro atoms. The predicted octanol–water partition coefficient (Wildman–Crippen LogP) is 4.08. The van der Waals surface area contributed by atoms with Crippen molar-refractivity contribution >= 4 is 23.4 Å². The summed E-state index contributed by atoms with van der Waals surface area (Å²) in [6, 6.07) is 5.46. The van der Waals surface area contributed by atoms with Crippen molar-refractivity contribution in [3.63, 3.8) is 0 Å². The van der Waals surface area contributed by atoms with Crippen LogP contribution in [0, 0.1) is 0 Å².